The number of carbonyl (C=O) groups is 1. The van der Waals surface area contributed by atoms with E-state index in [0.717, 1.165) is 0 Å². The first-order chi connectivity index (χ1) is 9.79. The Morgan fingerprint density at radius 1 is 1.57 bits per heavy atom. The van der Waals surface area contributed by atoms with Gasteiger partial charge in [-0.1, -0.05) is 0 Å². The van der Waals surface area contributed by atoms with Gasteiger partial charge in [0.15, 0.2) is 16.9 Å². The zero-order valence-corrected chi connectivity index (χ0v) is 11.6. The molecule has 5 nitrogen and oxygen atoms in total. The van der Waals surface area contributed by atoms with E-state index in [2.05, 4.69) is 4.98 Å². The first-order valence-corrected chi connectivity index (χ1v) is 6.65. The molecule has 1 unspecified atom stereocenters. The minimum Gasteiger partial charge on any atom is -0.462 e. The van der Waals surface area contributed by atoms with E-state index in [1.54, 1.807) is 19.1 Å². The lowest BCUT2D eigenvalue weighted by atomic mass is 10.3. The number of nitrogens with zero attached hydrogens (tertiary/aromatic N) is 1. The molecule has 2 rings (SSSR count). The smallest absolute Gasteiger partial charge is 0.416 e. The topological polar surface area (TPSA) is 75.4 Å². The van der Waals surface area contributed by atoms with E-state index in [4.69, 9.17) is 9.52 Å². The third kappa shape index (κ3) is 3.61. The number of aromatic nitrogens is 1. The van der Waals surface area contributed by atoms with Crippen molar-refractivity contribution in [1.29, 1.82) is 0 Å². The van der Waals surface area contributed by atoms with Gasteiger partial charge in [-0.25, -0.2) is 4.98 Å². The standard InChI is InChI=1S/C12H11F3N2O3S/c1-6-9(10(19)16-5-8(18)12(13,14)15)17-11(21-6)7-3-2-4-20-7/h2-4,8,18H,5H2,1H3,(H,16,19). The lowest BCUT2D eigenvalue weighted by molar-refractivity contribution is -0.201. The van der Waals surface area contributed by atoms with Gasteiger partial charge in [-0.3, -0.25) is 4.79 Å². The van der Waals surface area contributed by atoms with E-state index >= 15 is 0 Å². The van der Waals surface area contributed by atoms with Crippen LogP contribution in [0.5, 0.6) is 0 Å². The number of halogens is 3. The molecule has 0 aromatic carbocycles. The van der Waals surface area contributed by atoms with Crippen molar-refractivity contribution in [2.24, 2.45) is 0 Å². The molecule has 0 saturated carbocycles. The number of aliphatic hydroxyl groups is 1. The fourth-order valence-electron chi connectivity index (χ4n) is 1.50. The van der Waals surface area contributed by atoms with E-state index in [9.17, 15) is 18.0 Å². The maximum atomic E-state index is 12.1. The van der Waals surface area contributed by atoms with Gasteiger partial charge in [0.25, 0.3) is 5.91 Å². The van der Waals surface area contributed by atoms with Gasteiger partial charge in [0, 0.05) is 4.88 Å². The predicted molar refractivity (Wildman–Crippen MR) is 68.9 cm³/mol. The minimum atomic E-state index is -4.77. The van der Waals surface area contributed by atoms with Gasteiger partial charge in [0.2, 0.25) is 0 Å². The summed E-state index contributed by atoms with van der Waals surface area (Å²) in [6.45, 7) is 0.703. The number of rotatable bonds is 4. The van der Waals surface area contributed by atoms with Gasteiger partial charge in [0.1, 0.15) is 5.69 Å². The second-order valence-corrected chi connectivity index (χ2v) is 5.37. The highest BCUT2D eigenvalue weighted by Gasteiger charge is 2.38. The Hall–Kier alpha value is -1.87. The summed E-state index contributed by atoms with van der Waals surface area (Å²) in [6.07, 6.45) is -5.93. The molecule has 0 fully saturated rings. The number of thiazole rings is 1. The third-order valence-corrected chi connectivity index (χ3v) is 3.56. The van der Waals surface area contributed by atoms with Gasteiger partial charge in [0.05, 0.1) is 12.8 Å². The monoisotopic (exact) mass is 320 g/mol. The Labute approximate surface area is 121 Å². The highest BCUT2D eigenvalue weighted by molar-refractivity contribution is 7.15. The normalized spacial score (nSPS) is 13.2. The van der Waals surface area contributed by atoms with Gasteiger partial charge in [-0.2, -0.15) is 13.2 Å². The number of furan rings is 1. The van der Waals surface area contributed by atoms with Crippen molar-refractivity contribution in [3.8, 4) is 10.8 Å². The third-order valence-electron chi connectivity index (χ3n) is 2.58. The van der Waals surface area contributed by atoms with Crippen LogP contribution in [0.1, 0.15) is 15.4 Å². The lowest BCUT2D eigenvalue weighted by Crippen LogP contribution is -2.40. The van der Waals surface area contributed by atoms with Crippen LogP contribution in [0.25, 0.3) is 10.8 Å². The Morgan fingerprint density at radius 2 is 2.29 bits per heavy atom. The number of aliphatic hydroxyl groups excluding tert-OH is 1. The number of amides is 1. The number of hydrogen-bond donors (Lipinski definition) is 2. The quantitative estimate of drug-likeness (QED) is 0.907. The number of aryl methyl sites for hydroxylation is 1. The second-order valence-electron chi connectivity index (χ2n) is 4.17. The highest BCUT2D eigenvalue weighted by atomic mass is 32.1. The van der Waals surface area contributed by atoms with Crippen LogP contribution >= 0.6 is 11.3 Å². The fraction of sp³-hybridized carbons (Fsp3) is 0.333. The van der Waals surface area contributed by atoms with E-state index in [0.29, 0.717) is 15.6 Å². The molecule has 114 valence electrons. The molecule has 0 aliphatic heterocycles. The van der Waals surface area contributed by atoms with Crippen molar-refractivity contribution >= 4 is 17.2 Å². The maximum absolute atomic E-state index is 12.1. The summed E-state index contributed by atoms with van der Waals surface area (Å²) in [6, 6.07) is 3.32. The van der Waals surface area contributed by atoms with Crippen molar-refractivity contribution in [1.82, 2.24) is 10.3 Å². The summed E-state index contributed by atoms with van der Waals surface area (Å²) in [5.74, 6) is -0.303. The largest absolute Gasteiger partial charge is 0.462 e. The van der Waals surface area contributed by atoms with E-state index < -0.39 is 24.7 Å². The molecule has 0 aliphatic carbocycles. The molecule has 2 heterocycles. The Balaban J connectivity index is 2.07. The average Bonchev–Trinajstić information content (AvgIpc) is 3.03. The summed E-state index contributed by atoms with van der Waals surface area (Å²) in [4.78, 5) is 16.4. The van der Waals surface area contributed by atoms with Crippen molar-refractivity contribution < 1.29 is 27.5 Å². The predicted octanol–water partition coefficient (Wildman–Crippen LogP) is 2.36. The SMILES string of the molecule is Cc1sc(-c2ccco2)nc1C(=O)NCC(O)C(F)(F)F. The van der Waals surface area contributed by atoms with Gasteiger partial charge in [-0.05, 0) is 19.1 Å². The van der Waals surface area contributed by atoms with Crippen LogP contribution in [-0.4, -0.2) is 34.8 Å². The van der Waals surface area contributed by atoms with Crippen LogP contribution < -0.4 is 5.32 Å². The molecule has 0 saturated heterocycles. The van der Waals surface area contributed by atoms with Crippen LogP contribution in [0.3, 0.4) is 0 Å². The summed E-state index contributed by atoms with van der Waals surface area (Å²) in [5, 5.41) is 11.3. The Bertz CT molecular complexity index is 622. The zero-order chi connectivity index (χ0) is 15.6. The highest BCUT2D eigenvalue weighted by Crippen LogP contribution is 2.28. The lowest BCUT2D eigenvalue weighted by Gasteiger charge is -2.14. The van der Waals surface area contributed by atoms with Gasteiger partial charge >= 0.3 is 6.18 Å². The van der Waals surface area contributed by atoms with Crippen molar-refractivity contribution in [3.63, 3.8) is 0 Å². The van der Waals surface area contributed by atoms with Crippen LogP contribution in [0, 0.1) is 6.92 Å². The van der Waals surface area contributed by atoms with E-state index in [1.807, 2.05) is 5.32 Å². The number of hydrogen-bond acceptors (Lipinski definition) is 5. The van der Waals surface area contributed by atoms with Crippen molar-refractivity contribution in [3.05, 3.63) is 29.0 Å². The van der Waals surface area contributed by atoms with Crippen LogP contribution in [-0.2, 0) is 0 Å². The first kappa shape index (κ1) is 15.5. The fourth-order valence-corrected chi connectivity index (χ4v) is 2.38. The molecule has 2 N–H and O–H groups in total. The molecule has 1 amide bonds. The summed E-state index contributed by atoms with van der Waals surface area (Å²) < 4.78 is 41.6. The molecule has 9 heteroatoms. The molecule has 0 bridgehead atoms. The van der Waals surface area contributed by atoms with Crippen molar-refractivity contribution in [2.75, 3.05) is 6.54 Å². The number of alkyl halides is 3. The number of carbonyl (C=O) groups excluding carboxylic acids is 1. The molecule has 2 aromatic rings. The molecule has 2 aromatic heterocycles. The molecule has 0 radical (unpaired) electrons. The Morgan fingerprint density at radius 3 is 2.86 bits per heavy atom. The van der Waals surface area contributed by atoms with Crippen molar-refractivity contribution in [2.45, 2.75) is 19.2 Å². The van der Waals surface area contributed by atoms with Crippen LogP contribution in [0.2, 0.25) is 0 Å². The Kier molecular flexibility index (Phi) is 4.33. The van der Waals surface area contributed by atoms with Gasteiger partial charge < -0.3 is 14.8 Å². The summed E-state index contributed by atoms with van der Waals surface area (Å²) >= 11 is 1.19. The molecule has 0 aliphatic rings. The van der Waals surface area contributed by atoms with E-state index in [1.165, 1.54) is 17.6 Å². The summed E-state index contributed by atoms with van der Waals surface area (Å²) in [7, 11) is 0. The molecular weight excluding hydrogens is 309 g/mol. The molecular formula is C12H11F3N2O3S. The maximum Gasteiger partial charge on any atom is 0.416 e. The second kappa shape index (κ2) is 5.86. The minimum absolute atomic E-state index is 0.0146. The molecule has 21 heavy (non-hydrogen) atoms. The van der Waals surface area contributed by atoms with Gasteiger partial charge in [-0.15, -0.1) is 11.3 Å². The average molecular weight is 320 g/mol. The zero-order valence-electron chi connectivity index (χ0n) is 10.8. The molecule has 0 spiro atoms. The van der Waals surface area contributed by atoms with E-state index in [-0.39, 0.29) is 5.69 Å². The molecule has 1 atom stereocenters. The number of nitrogens with one attached hydrogen (secondary N) is 1. The van der Waals surface area contributed by atoms with Crippen LogP contribution in [0.4, 0.5) is 13.2 Å². The first-order valence-electron chi connectivity index (χ1n) is 5.83. The van der Waals surface area contributed by atoms with Crippen LogP contribution in [0.15, 0.2) is 22.8 Å². The summed E-state index contributed by atoms with van der Waals surface area (Å²) in [5.41, 5.74) is 0.0146.